The van der Waals surface area contributed by atoms with E-state index in [0.717, 1.165) is 17.2 Å². The fraction of sp³-hybridized carbons (Fsp3) is 0.500. The third-order valence-electron chi connectivity index (χ3n) is 2.78. The Bertz CT molecular complexity index is 376. The Morgan fingerprint density at radius 3 is 2.87 bits per heavy atom. The fourth-order valence-corrected chi connectivity index (χ4v) is 2.24. The summed E-state index contributed by atoms with van der Waals surface area (Å²) in [7, 11) is 1.98. The second kappa shape index (κ2) is 3.69. The monoisotopic (exact) mass is 225 g/mol. The van der Waals surface area contributed by atoms with Crippen LogP contribution in [-0.2, 0) is 0 Å². The van der Waals surface area contributed by atoms with Crippen molar-refractivity contribution in [1.29, 1.82) is 0 Å². The van der Waals surface area contributed by atoms with Crippen LogP contribution < -0.4 is 10.1 Å². The molecule has 1 aromatic rings. The van der Waals surface area contributed by atoms with Gasteiger partial charge in [0.2, 0.25) is 0 Å². The topological polar surface area (TPSA) is 21.3 Å². The molecule has 15 heavy (non-hydrogen) atoms. The van der Waals surface area contributed by atoms with Gasteiger partial charge >= 0.3 is 0 Å². The first-order chi connectivity index (χ1) is 7.02. The normalized spacial score (nSPS) is 23.1. The van der Waals surface area contributed by atoms with Crippen molar-refractivity contribution in [3.8, 4) is 5.75 Å². The zero-order valence-electron chi connectivity index (χ0n) is 9.30. The molecule has 1 aromatic carbocycles. The molecule has 0 aliphatic carbocycles. The van der Waals surface area contributed by atoms with Crippen LogP contribution in [0, 0.1) is 0 Å². The third-order valence-corrected chi connectivity index (χ3v) is 3.02. The first kappa shape index (κ1) is 10.8. The summed E-state index contributed by atoms with van der Waals surface area (Å²) in [6.07, 6.45) is 0.970. The van der Waals surface area contributed by atoms with Gasteiger partial charge in [0, 0.05) is 23.0 Å². The van der Waals surface area contributed by atoms with Crippen molar-refractivity contribution < 1.29 is 4.74 Å². The number of ether oxygens (including phenoxy) is 1. The zero-order chi connectivity index (χ0) is 11.1. The van der Waals surface area contributed by atoms with Crippen LogP contribution >= 0.6 is 11.6 Å². The molecular formula is C12H16ClNO. The first-order valence-corrected chi connectivity index (χ1v) is 5.55. The highest BCUT2D eigenvalue weighted by Gasteiger charge is 2.32. The van der Waals surface area contributed by atoms with Gasteiger partial charge in [-0.2, -0.15) is 0 Å². The van der Waals surface area contributed by atoms with Crippen LogP contribution in [0.4, 0.5) is 0 Å². The van der Waals surface area contributed by atoms with Crippen molar-refractivity contribution in [2.75, 3.05) is 7.05 Å². The summed E-state index contributed by atoms with van der Waals surface area (Å²) in [5.41, 5.74) is 1.06. The molecule has 2 nitrogen and oxygen atoms in total. The van der Waals surface area contributed by atoms with Crippen molar-refractivity contribution in [3.63, 3.8) is 0 Å². The van der Waals surface area contributed by atoms with E-state index in [0.29, 0.717) is 6.04 Å². The Kier molecular flexibility index (Phi) is 2.65. The maximum absolute atomic E-state index is 5.96. The molecule has 0 saturated carbocycles. The molecule has 82 valence electrons. The van der Waals surface area contributed by atoms with Gasteiger partial charge in [0.15, 0.2) is 0 Å². The number of benzene rings is 1. The van der Waals surface area contributed by atoms with E-state index in [1.165, 1.54) is 5.56 Å². The molecule has 1 aliphatic heterocycles. The molecule has 0 spiro atoms. The largest absolute Gasteiger partial charge is 0.487 e. The maximum atomic E-state index is 5.96. The highest BCUT2D eigenvalue weighted by Crippen LogP contribution is 2.40. The summed E-state index contributed by atoms with van der Waals surface area (Å²) in [6, 6.07) is 6.18. The number of hydrogen-bond acceptors (Lipinski definition) is 2. The van der Waals surface area contributed by atoms with Gasteiger partial charge in [-0.15, -0.1) is 0 Å². The molecule has 1 aliphatic rings. The second-order valence-corrected chi connectivity index (χ2v) is 5.03. The first-order valence-electron chi connectivity index (χ1n) is 5.17. The van der Waals surface area contributed by atoms with Gasteiger partial charge in [0.1, 0.15) is 11.4 Å². The highest BCUT2D eigenvalue weighted by molar-refractivity contribution is 6.30. The van der Waals surface area contributed by atoms with Crippen LogP contribution in [0.2, 0.25) is 5.02 Å². The summed E-state index contributed by atoms with van der Waals surface area (Å²) in [6.45, 7) is 4.20. The SMILES string of the molecule is CNC1CC(C)(C)Oc2cc(Cl)ccc21. The molecule has 0 aromatic heterocycles. The minimum atomic E-state index is -0.134. The lowest BCUT2D eigenvalue weighted by molar-refractivity contribution is 0.0675. The van der Waals surface area contributed by atoms with E-state index in [1.807, 2.05) is 25.2 Å². The van der Waals surface area contributed by atoms with Crippen LogP contribution in [0.5, 0.6) is 5.75 Å². The lowest BCUT2D eigenvalue weighted by Gasteiger charge is -2.37. The van der Waals surface area contributed by atoms with E-state index in [9.17, 15) is 0 Å². The molecule has 2 rings (SSSR count). The number of fused-ring (bicyclic) bond motifs is 1. The number of hydrogen-bond donors (Lipinski definition) is 1. The van der Waals surface area contributed by atoms with Gasteiger partial charge < -0.3 is 10.1 Å². The summed E-state index contributed by atoms with van der Waals surface area (Å²) in [4.78, 5) is 0. The Balaban J connectivity index is 2.44. The smallest absolute Gasteiger partial charge is 0.126 e. The molecule has 0 saturated heterocycles. The third kappa shape index (κ3) is 2.11. The van der Waals surface area contributed by atoms with E-state index in [4.69, 9.17) is 16.3 Å². The Hall–Kier alpha value is -0.730. The van der Waals surface area contributed by atoms with Crippen molar-refractivity contribution >= 4 is 11.6 Å². The van der Waals surface area contributed by atoms with Gasteiger partial charge in [-0.1, -0.05) is 17.7 Å². The molecule has 1 unspecified atom stereocenters. The Morgan fingerprint density at radius 1 is 1.47 bits per heavy atom. The predicted octanol–water partition coefficient (Wildman–Crippen LogP) is 3.16. The second-order valence-electron chi connectivity index (χ2n) is 4.59. The summed E-state index contributed by atoms with van der Waals surface area (Å²) in [5, 5.41) is 4.04. The molecule has 0 radical (unpaired) electrons. The number of halogens is 1. The molecule has 3 heteroatoms. The van der Waals surface area contributed by atoms with Crippen molar-refractivity contribution in [1.82, 2.24) is 5.32 Å². The van der Waals surface area contributed by atoms with Crippen LogP contribution in [0.25, 0.3) is 0 Å². The van der Waals surface area contributed by atoms with Crippen molar-refractivity contribution in [3.05, 3.63) is 28.8 Å². The van der Waals surface area contributed by atoms with Crippen LogP contribution in [0.1, 0.15) is 31.9 Å². The molecule has 1 N–H and O–H groups in total. The highest BCUT2D eigenvalue weighted by atomic mass is 35.5. The van der Waals surface area contributed by atoms with E-state index in [2.05, 4.69) is 19.2 Å². The Labute approximate surface area is 95.6 Å². The quantitative estimate of drug-likeness (QED) is 0.793. The summed E-state index contributed by atoms with van der Waals surface area (Å²) < 4.78 is 5.91. The van der Waals surface area contributed by atoms with E-state index < -0.39 is 0 Å². The summed E-state index contributed by atoms with van der Waals surface area (Å²) in [5.74, 6) is 0.901. The van der Waals surface area contributed by atoms with Crippen molar-refractivity contribution in [2.45, 2.75) is 31.9 Å². The minimum Gasteiger partial charge on any atom is -0.487 e. The van der Waals surface area contributed by atoms with E-state index in [-0.39, 0.29) is 5.60 Å². The standard InChI is InChI=1S/C12H16ClNO/c1-12(2)7-10(14-3)9-5-4-8(13)6-11(9)15-12/h4-6,10,14H,7H2,1-3H3. The Morgan fingerprint density at radius 2 is 2.20 bits per heavy atom. The van der Waals surface area contributed by atoms with Gasteiger partial charge in [0.05, 0.1) is 0 Å². The molecule has 0 amide bonds. The average Bonchev–Trinajstić information content (AvgIpc) is 2.14. The predicted molar refractivity (Wildman–Crippen MR) is 62.6 cm³/mol. The molecule has 1 atom stereocenters. The van der Waals surface area contributed by atoms with Gasteiger partial charge in [-0.05, 0) is 33.0 Å². The van der Waals surface area contributed by atoms with Crippen LogP contribution in [0.3, 0.4) is 0 Å². The van der Waals surface area contributed by atoms with Crippen LogP contribution in [0.15, 0.2) is 18.2 Å². The molecule has 0 bridgehead atoms. The van der Waals surface area contributed by atoms with E-state index >= 15 is 0 Å². The van der Waals surface area contributed by atoms with Crippen molar-refractivity contribution in [2.24, 2.45) is 0 Å². The maximum Gasteiger partial charge on any atom is 0.126 e. The fourth-order valence-electron chi connectivity index (χ4n) is 2.08. The lowest BCUT2D eigenvalue weighted by atomic mass is 9.90. The molecule has 1 heterocycles. The lowest BCUT2D eigenvalue weighted by Crippen LogP contribution is -2.38. The van der Waals surface area contributed by atoms with Crippen LogP contribution in [-0.4, -0.2) is 12.6 Å². The average molecular weight is 226 g/mol. The van der Waals surface area contributed by atoms with Gasteiger partial charge in [-0.3, -0.25) is 0 Å². The summed E-state index contributed by atoms with van der Waals surface area (Å²) >= 11 is 5.96. The number of rotatable bonds is 1. The van der Waals surface area contributed by atoms with E-state index in [1.54, 1.807) is 0 Å². The molecular weight excluding hydrogens is 210 g/mol. The zero-order valence-corrected chi connectivity index (χ0v) is 10.1. The van der Waals surface area contributed by atoms with Gasteiger partial charge in [0.25, 0.3) is 0 Å². The number of nitrogens with one attached hydrogen (secondary N) is 1. The van der Waals surface area contributed by atoms with Gasteiger partial charge in [-0.25, -0.2) is 0 Å². The molecule has 0 fully saturated rings. The minimum absolute atomic E-state index is 0.134.